The predicted octanol–water partition coefficient (Wildman–Crippen LogP) is 1.84. The van der Waals surface area contributed by atoms with Crippen LogP contribution in [0.4, 0.5) is 74.6 Å². The maximum atomic E-state index is 13.0. The minimum atomic E-state index is -8.77. The molecule has 170 valence electrons. The van der Waals surface area contributed by atoms with E-state index in [1.807, 2.05) is 0 Å². The minimum Gasteiger partial charge on any atom is -0.768 e. The van der Waals surface area contributed by atoms with Gasteiger partial charge >= 0.3 is 76.5 Å². The van der Waals surface area contributed by atoms with Crippen molar-refractivity contribution in [1.82, 2.24) is 0 Å². The fourth-order valence-corrected chi connectivity index (χ4v) is 1.59. The third kappa shape index (κ3) is 3.95. The molecule has 0 aliphatic carbocycles. The molecule has 21 heteroatoms. The normalized spacial score (nSPS) is 17.0. The van der Waals surface area contributed by atoms with E-state index in [2.05, 4.69) is 0 Å². The SMILES string of the molecule is O=S([O-])C(F)(F)C(F)(F)C(F)(F)C(F)(F)C(F)(F)C(F)(F)C(F)(F)C(F)(F)F.[Na+]. The van der Waals surface area contributed by atoms with Gasteiger partial charge in [0.15, 0.2) is 0 Å². The average molecular weight is 506 g/mol. The van der Waals surface area contributed by atoms with Crippen molar-refractivity contribution >= 4 is 11.1 Å². The van der Waals surface area contributed by atoms with E-state index in [1.165, 1.54) is 0 Å². The van der Waals surface area contributed by atoms with Gasteiger partial charge in [-0.3, -0.25) is 4.21 Å². The first-order valence-corrected chi connectivity index (χ1v) is 6.58. The molecule has 0 heterocycles. The summed E-state index contributed by atoms with van der Waals surface area (Å²) in [6.07, 6.45) is -7.84. The second kappa shape index (κ2) is 7.80. The van der Waals surface area contributed by atoms with E-state index < -0.39 is 58.0 Å². The van der Waals surface area contributed by atoms with Crippen LogP contribution in [0.2, 0.25) is 0 Å². The Morgan fingerprint density at radius 2 is 0.655 bits per heavy atom. The number of alkyl halides is 17. The van der Waals surface area contributed by atoms with Crippen LogP contribution < -0.4 is 29.6 Å². The van der Waals surface area contributed by atoms with Crippen molar-refractivity contribution in [3.8, 4) is 0 Å². The summed E-state index contributed by atoms with van der Waals surface area (Å²) in [6.45, 7) is 0. The Labute approximate surface area is 171 Å². The summed E-state index contributed by atoms with van der Waals surface area (Å²) >= 11 is -5.81. The summed E-state index contributed by atoms with van der Waals surface area (Å²) in [5.41, 5.74) is 0. The Kier molecular flexibility index (Phi) is 8.37. The van der Waals surface area contributed by atoms with Gasteiger partial charge in [0, 0.05) is 11.1 Å². The van der Waals surface area contributed by atoms with Gasteiger partial charge in [-0.15, -0.1) is 0 Å². The quantitative estimate of drug-likeness (QED) is 0.301. The molecule has 0 saturated heterocycles. The van der Waals surface area contributed by atoms with Crippen molar-refractivity contribution in [1.29, 1.82) is 0 Å². The maximum Gasteiger partial charge on any atom is 1.00 e. The molecule has 0 aromatic rings. The molecule has 0 amide bonds. The first-order chi connectivity index (χ1) is 11.7. The molecule has 0 fully saturated rings. The minimum absolute atomic E-state index is 0. The van der Waals surface area contributed by atoms with E-state index in [9.17, 15) is 83.4 Å². The zero-order valence-electron chi connectivity index (χ0n) is 12.7. The molecule has 0 aromatic carbocycles. The number of hydrogen-bond donors (Lipinski definition) is 0. The van der Waals surface area contributed by atoms with Crippen LogP contribution in [0.5, 0.6) is 0 Å². The Hall–Kier alpha value is -0.0800. The molecule has 0 spiro atoms. The first-order valence-electron chi connectivity index (χ1n) is 5.50. The van der Waals surface area contributed by atoms with Crippen molar-refractivity contribution in [2.75, 3.05) is 0 Å². The molecule has 0 aliphatic rings. The smallest absolute Gasteiger partial charge is 0.768 e. The molecule has 1 atom stereocenters. The van der Waals surface area contributed by atoms with Crippen LogP contribution in [-0.2, 0) is 11.1 Å². The predicted molar refractivity (Wildman–Crippen MR) is 49.6 cm³/mol. The van der Waals surface area contributed by atoms with Crippen LogP contribution >= 0.6 is 0 Å². The summed E-state index contributed by atoms with van der Waals surface area (Å²) in [5, 5.41) is -7.39. The second-order valence-corrected chi connectivity index (χ2v) is 5.68. The van der Waals surface area contributed by atoms with Gasteiger partial charge in [0.05, 0.1) is 0 Å². The van der Waals surface area contributed by atoms with Crippen LogP contribution in [0.3, 0.4) is 0 Å². The van der Waals surface area contributed by atoms with E-state index in [0.717, 1.165) is 0 Å². The molecule has 1 unspecified atom stereocenters. The van der Waals surface area contributed by atoms with E-state index in [-0.39, 0.29) is 29.6 Å². The van der Waals surface area contributed by atoms with Crippen molar-refractivity contribution in [2.45, 2.75) is 47.0 Å². The molecular formula is C8F17NaO2S. The Morgan fingerprint density at radius 1 is 0.448 bits per heavy atom. The monoisotopic (exact) mass is 506 g/mol. The largest absolute Gasteiger partial charge is 1.00 e. The van der Waals surface area contributed by atoms with Crippen LogP contribution in [0.15, 0.2) is 0 Å². The van der Waals surface area contributed by atoms with Gasteiger partial charge in [-0.2, -0.15) is 74.6 Å². The van der Waals surface area contributed by atoms with Crippen molar-refractivity contribution in [2.24, 2.45) is 0 Å². The van der Waals surface area contributed by atoms with Gasteiger partial charge < -0.3 is 4.55 Å². The molecule has 0 bridgehead atoms. The number of halogens is 17. The molecule has 29 heavy (non-hydrogen) atoms. The third-order valence-electron chi connectivity index (χ3n) is 2.90. The van der Waals surface area contributed by atoms with Gasteiger partial charge in [0.1, 0.15) is 0 Å². The van der Waals surface area contributed by atoms with Crippen molar-refractivity contribution < 1.29 is 113 Å². The number of rotatable bonds is 7. The molecule has 2 nitrogen and oxygen atoms in total. The standard InChI is InChI=1S/C8HF17O2S.Na/c9-1(10,3(13,14)5(17,18)7(21,22)23)2(11,12)4(15,16)6(19,20)8(24,25)28(26)27;/h(H,26,27);/q;+1/p-1. The molecule has 0 aliphatic heterocycles. The molecule has 0 saturated carbocycles. The zero-order chi connectivity index (χ0) is 23.6. The summed E-state index contributed by atoms with van der Waals surface area (Å²) in [7, 11) is 0. The van der Waals surface area contributed by atoms with E-state index >= 15 is 0 Å². The van der Waals surface area contributed by atoms with Crippen LogP contribution in [0.25, 0.3) is 0 Å². The number of hydrogen-bond acceptors (Lipinski definition) is 2. The maximum absolute atomic E-state index is 13.0. The summed E-state index contributed by atoms with van der Waals surface area (Å²) < 4.78 is 233. The first kappa shape index (κ1) is 31.1. The average Bonchev–Trinajstić information content (AvgIpc) is 2.44. The molecule has 0 radical (unpaired) electrons. The van der Waals surface area contributed by atoms with Gasteiger partial charge in [0.25, 0.3) is 0 Å². The topological polar surface area (TPSA) is 40.1 Å². The van der Waals surface area contributed by atoms with Gasteiger partial charge in [0.2, 0.25) is 0 Å². The van der Waals surface area contributed by atoms with E-state index in [1.54, 1.807) is 0 Å². The molecule has 0 N–H and O–H groups in total. The molecular weight excluding hydrogens is 506 g/mol. The van der Waals surface area contributed by atoms with Crippen molar-refractivity contribution in [3.05, 3.63) is 0 Å². The van der Waals surface area contributed by atoms with E-state index in [4.69, 9.17) is 0 Å². The van der Waals surface area contributed by atoms with Crippen LogP contribution in [0.1, 0.15) is 0 Å². The third-order valence-corrected chi connectivity index (χ3v) is 3.58. The van der Waals surface area contributed by atoms with Crippen LogP contribution in [0, 0.1) is 0 Å². The molecule has 0 aromatic heterocycles. The van der Waals surface area contributed by atoms with E-state index in [0.29, 0.717) is 0 Å². The van der Waals surface area contributed by atoms with Gasteiger partial charge in [-0.05, 0) is 0 Å². The summed E-state index contributed by atoms with van der Waals surface area (Å²) in [6, 6.07) is 0. The van der Waals surface area contributed by atoms with Gasteiger partial charge in [-0.1, -0.05) is 0 Å². The zero-order valence-corrected chi connectivity index (χ0v) is 15.5. The summed E-state index contributed by atoms with van der Waals surface area (Å²) in [4.78, 5) is 0. The molecule has 0 rings (SSSR count). The Morgan fingerprint density at radius 3 is 0.862 bits per heavy atom. The fourth-order valence-electron chi connectivity index (χ4n) is 1.25. The Bertz CT molecular complexity index is 625. The van der Waals surface area contributed by atoms with Crippen molar-refractivity contribution in [3.63, 3.8) is 0 Å². The Balaban J connectivity index is 0. The van der Waals surface area contributed by atoms with Gasteiger partial charge in [-0.25, -0.2) is 0 Å². The fraction of sp³-hybridized carbons (Fsp3) is 1.00. The second-order valence-electron chi connectivity index (χ2n) is 4.70. The summed E-state index contributed by atoms with van der Waals surface area (Å²) in [5.74, 6) is -51.2. The van der Waals surface area contributed by atoms with Crippen LogP contribution in [-0.4, -0.2) is 55.7 Å².